The maximum atomic E-state index is 12.2. The molecule has 19 heavy (non-hydrogen) atoms. The minimum atomic E-state index is -0.238. The first kappa shape index (κ1) is 14.4. The molecule has 2 rings (SSSR count). The van der Waals surface area contributed by atoms with Crippen LogP contribution >= 0.6 is 9.24 Å². The number of carbonyl (C=O) groups is 1. The van der Waals surface area contributed by atoms with Gasteiger partial charge in [-0.1, -0.05) is 6.92 Å². The second-order valence-electron chi connectivity index (χ2n) is 5.79. The zero-order chi connectivity index (χ0) is 13.9. The second-order valence-corrected chi connectivity index (χ2v) is 7.18. The van der Waals surface area contributed by atoms with Crippen LogP contribution in [0, 0.1) is 0 Å². The smallest absolute Gasteiger partial charge is 0.229 e. The topological polar surface area (TPSA) is 54.9 Å². The molecule has 0 radical (unpaired) electrons. The third-order valence-electron chi connectivity index (χ3n) is 3.89. The molecule has 1 heterocycles. The van der Waals surface area contributed by atoms with E-state index in [4.69, 9.17) is 0 Å². The molecule has 0 aliphatic heterocycles. The highest BCUT2D eigenvalue weighted by atomic mass is 31.0. The molecule has 0 aromatic carbocycles. The van der Waals surface area contributed by atoms with Crippen LogP contribution < -0.4 is 5.32 Å². The van der Waals surface area contributed by atoms with Crippen molar-refractivity contribution in [3.63, 3.8) is 0 Å². The van der Waals surface area contributed by atoms with Crippen molar-refractivity contribution in [2.45, 2.75) is 56.6 Å². The van der Waals surface area contributed by atoms with E-state index < -0.39 is 0 Å². The molecule has 1 fully saturated rings. The molecule has 0 bridgehead atoms. The van der Waals surface area contributed by atoms with E-state index >= 15 is 0 Å². The zero-order valence-electron chi connectivity index (χ0n) is 11.6. The zero-order valence-corrected chi connectivity index (χ0v) is 12.7. The first-order valence-electron chi connectivity index (χ1n) is 6.83. The Morgan fingerprint density at radius 2 is 2.16 bits per heavy atom. The maximum absolute atomic E-state index is 12.2. The van der Waals surface area contributed by atoms with Crippen LogP contribution in [0.2, 0.25) is 0 Å². The van der Waals surface area contributed by atoms with Crippen LogP contribution in [0.25, 0.3) is 0 Å². The van der Waals surface area contributed by atoms with Gasteiger partial charge in [-0.2, -0.15) is 0 Å². The van der Waals surface area contributed by atoms with Crippen molar-refractivity contribution >= 4 is 15.1 Å². The molecule has 1 saturated carbocycles. The minimum Gasteiger partial charge on any atom is -0.353 e. The van der Waals surface area contributed by atoms with Gasteiger partial charge in [-0.3, -0.25) is 14.8 Å². The predicted molar refractivity (Wildman–Crippen MR) is 79.0 cm³/mol. The van der Waals surface area contributed by atoms with Crippen LogP contribution in [0.4, 0.5) is 0 Å². The summed E-state index contributed by atoms with van der Waals surface area (Å²) in [7, 11) is 2.93. The second kappa shape index (κ2) is 5.96. The van der Waals surface area contributed by atoms with Crippen molar-refractivity contribution in [2.75, 3.05) is 0 Å². The summed E-state index contributed by atoms with van der Waals surface area (Å²) >= 11 is 0. The van der Waals surface area contributed by atoms with Crippen LogP contribution in [-0.4, -0.2) is 27.1 Å². The highest BCUT2D eigenvalue weighted by molar-refractivity contribution is 7.18. The fourth-order valence-corrected chi connectivity index (χ4v) is 2.75. The van der Waals surface area contributed by atoms with Gasteiger partial charge in [-0.05, 0) is 37.8 Å². The molecule has 0 spiro atoms. The van der Waals surface area contributed by atoms with Gasteiger partial charge in [0, 0.05) is 24.6 Å². The highest BCUT2D eigenvalue weighted by Gasteiger charge is 2.29. The Morgan fingerprint density at radius 3 is 2.74 bits per heavy atom. The highest BCUT2D eigenvalue weighted by Crippen LogP contribution is 2.35. The quantitative estimate of drug-likeness (QED) is 0.864. The lowest BCUT2D eigenvalue weighted by molar-refractivity contribution is -0.123. The van der Waals surface area contributed by atoms with Gasteiger partial charge >= 0.3 is 0 Å². The Bertz CT molecular complexity index is 426. The lowest BCUT2D eigenvalue weighted by Gasteiger charge is -2.34. The summed E-state index contributed by atoms with van der Waals surface area (Å²) in [6.07, 6.45) is 9.29. The first-order chi connectivity index (χ1) is 8.98. The van der Waals surface area contributed by atoms with Crippen molar-refractivity contribution in [1.29, 1.82) is 0 Å². The van der Waals surface area contributed by atoms with Gasteiger partial charge in [0.1, 0.15) is 0 Å². The Kier molecular flexibility index (Phi) is 4.51. The lowest BCUT2D eigenvalue weighted by atomic mass is 9.86. The van der Waals surface area contributed by atoms with E-state index in [1.54, 1.807) is 18.6 Å². The van der Waals surface area contributed by atoms with Gasteiger partial charge in [-0.15, -0.1) is 9.24 Å². The molecule has 1 aromatic rings. The number of amides is 1. The molecule has 5 heteroatoms. The van der Waals surface area contributed by atoms with Gasteiger partial charge in [0.25, 0.3) is 0 Å². The van der Waals surface area contributed by atoms with Crippen molar-refractivity contribution in [3.8, 4) is 0 Å². The monoisotopic (exact) mass is 279 g/mol. The Morgan fingerprint density at radius 1 is 1.47 bits per heavy atom. The first-order valence-corrected chi connectivity index (χ1v) is 7.41. The van der Waals surface area contributed by atoms with Crippen molar-refractivity contribution in [3.05, 3.63) is 24.3 Å². The average molecular weight is 279 g/mol. The maximum Gasteiger partial charge on any atom is 0.229 e. The summed E-state index contributed by atoms with van der Waals surface area (Å²) in [4.78, 5) is 20.4. The Balaban J connectivity index is 1.88. The van der Waals surface area contributed by atoms with Crippen LogP contribution in [0.5, 0.6) is 0 Å². The van der Waals surface area contributed by atoms with Crippen LogP contribution in [-0.2, 0) is 4.79 Å². The Labute approximate surface area is 117 Å². The molecule has 1 aliphatic carbocycles. The number of nitrogens with one attached hydrogen (secondary N) is 1. The van der Waals surface area contributed by atoms with E-state index in [-0.39, 0.29) is 11.8 Å². The predicted octanol–water partition coefficient (Wildman–Crippen LogP) is 2.27. The van der Waals surface area contributed by atoms with E-state index in [2.05, 4.69) is 31.4 Å². The van der Waals surface area contributed by atoms with Gasteiger partial charge in [0.2, 0.25) is 5.91 Å². The molecule has 1 aromatic heterocycles. The summed E-state index contributed by atoms with van der Waals surface area (Å²) in [5, 5.41) is 3.48. The molecular formula is C14H22N3OP. The molecule has 1 amide bonds. The fourth-order valence-electron chi connectivity index (χ4n) is 2.42. The van der Waals surface area contributed by atoms with E-state index in [0.717, 1.165) is 31.4 Å². The fraction of sp³-hybridized carbons (Fsp3) is 0.643. The Hall–Kier alpha value is -1.02. The molecule has 2 atom stereocenters. The summed E-state index contributed by atoms with van der Waals surface area (Å²) in [5.74, 6) is -0.184. The van der Waals surface area contributed by atoms with Crippen molar-refractivity contribution in [2.24, 2.45) is 0 Å². The van der Waals surface area contributed by atoms with E-state index in [1.165, 1.54) is 0 Å². The largest absolute Gasteiger partial charge is 0.353 e. The standard InChI is InChI=1S/C14H22N3OP/c1-10(12-9-15-7-8-16-12)13(18)17-11-3-5-14(2,19)6-4-11/h7-11H,3-6,19H2,1-2H3,(H,17,18)/t10-,11?,14?/m1/s1. The van der Waals surface area contributed by atoms with Crippen molar-refractivity contribution < 1.29 is 4.79 Å². The van der Waals surface area contributed by atoms with E-state index in [0.29, 0.717) is 11.2 Å². The number of rotatable bonds is 3. The molecule has 0 saturated heterocycles. The van der Waals surface area contributed by atoms with Gasteiger partial charge in [0.15, 0.2) is 0 Å². The summed E-state index contributed by atoms with van der Waals surface area (Å²) in [6.45, 7) is 4.14. The lowest BCUT2D eigenvalue weighted by Crippen LogP contribution is -2.41. The number of carbonyl (C=O) groups excluding carboxylic acids is 1. The molecule has 1 N–H and O–H groups in total. The number of hydrogen-bond acceptors (Lipinski definition) is 3. The van der Waals surface area contributed by atoms with Crippen LogP contribution in [0.1, 0.15) is 51.1 Å². The summed E-state index contributed by atoms with van der Waals surface area (Å²) in [5.41, 5.74) is 0.728. The minimum absolute atomic E-state index is 0.0536. The van der Waals surface area contributed by atoms with Gasteiger partial charge in [0.05, 0.1) is 11.6 Å². The van der Waals surface area contributed by atoms with Gasteiger partial charge in [-0.25, -0.2) is 0 Å². The SMILES string of the molecule is C[C@@H](C(=O)NC1CCC(C)(P)CC1)c1cnccn1. The average Bonchev–Trinajstić information content (AvgIpc) is 2.41. The normalized spacial score (nSPS) is 28.7. The van der Waals surface area contributed by atoms with Crippen LogP contribution in [0.15, 0.2) is 18.6 Å². The molecule has 1 aliphatic rings. The third-order valence-corrected chi connectivity index (χ3v) is 4.47. The van der Waals surface area contributed by atoms with Crippen LogP contribution in [0.3, 0.4) is 0 Å². The third kappa shape index (κ3) is 3.97. The molecule has 1 unspecified atom stereocenters. The number of hydrogen-bond donors (Lipinski definition) is 1. The van der Waals surface area contributed by atoms with E-state index in [9.17, 15) is 4.79 Å². The summed E-state index contributed by atoms with van der Waals surface area (Å²) < 4.78 is 0. The number of aromatic nitrogens is 2. The summed E-state index contributed by atoms with van der Waals surface area (Å²) in [6, 6.07) is 0.306. The van der Waals surface area contributed by atoms with E-state index in [1.807, 2.05) is 6.92 Å². The van der Waals surface area contributed by atoms with Gasteiger partial charge < -0.3 is 5.32 Å². The molecular weight excluding hydrogens is 257 g/mol. The van der Waals surface area contributed by atoms with Crippen molar-refractivity contribution in [1.82, 2.24) is 15.3 Å². The molecule has 4 nitrogen and oxygen atoms in total. The molecule has 104 valence electrons. The number of nitrogens with zero attached hydrogens (tertiary/aromatic N) is 2.